The predicted octanol–water partition coefficient (Wildman–Crippen LogP) is 6.01. The van der Waals surface area contributed by atoms with Gasteiger partial charge in [0.15, 0.2) is 13.1 Å². The van der Waals surface area contributed by atoms with Crippen LogP contribution in [-0.2, 0) is 16.3 Å². The molecule has 0 saturated carbocycles. The first-order chi connectivity index (χ1) is 15.0. The molecule has 3 rings (SSSR count). The molecular formula is C27H31O3P. The van der Waals surface area contributed by atoms with E-state index in [0.29, 0.717) is 8.58 Å². The molecule has 2 unspecified atom stereocenters. The fourth-order valence-corrected chi connectivity index (χ4v) is 5.47. The molecule has 0 bridgehead atoms. The molecule has 31 heavy (non-hydrogen) atoms. The van der Waals surface area contributed by atoms with Gasteiger partial charge in [0.2, 0.25) is 0 Å². The molecule has 0 N–H and O–H groups in total. The van der Waals surface area contributed by atoms with E-state index in [1.165, 1.54) is 11.1 Å². The molecule has 162 valence electrons. The average molecular weight is 435 g/mol. The van der Waals surface area contributed by atoms with Crippen molar-refractivity contribution in [1.82, 2.24) is 0 Å². The van der Waals surface area contributed by atoms with Crippen molar-refractivity contribution in [3.05, 3.63) is 94.5 Å². The Balaban J connectivity index is 2.08. The van der Waals surface area contributed by atoms with Crippen molar-refractivity contribution < 1.29 is 14.3 Å². The van der Waals surface area contributed by atoms with Crippen LogP contribution < -0.4 is 10.0 Å². The first-order valence-electron chi connectivity index (χ1n) is 10.6. The van der Waals surface area contributed by atoms with Crippen molar-refractivity contribution in [2.75, 3.05) is 13.9 Å². The maximum atomic E-state index is 11.7. The second kappa shape index (κ2) is 10.7. The molecule has 0 radical (unpaired) electrons. The number of methoxy groups -OCH3 is 1. The van der Waals surface area contributed by atoms with Crippen molar-refractivity contribution in [2.24, 2.45) is 0 Å². The molecular weight excluding hydrogens is 403 g/mol. The number of hydrogen-bond donors (Lipinski definition) is 0. The van der Waals surface area contributed by atoms with Crippen molar-refractivity contribution in [2.45, 2.75) is 38.8 Å². The van der Waals surface area contributed by atoms with Gasteiger partial charge in [-0.15, -0.1) is 0 Å². The molecule has 0 aliphatic rings. The van der Waals surface area contributed by atoms with Gasteiger partial charge in [-0.2, -0.15) is 0 Å². The van der Waals surface area contributed by atoms with Gasteiger partial charge in [-0.05, 0) is 35.3 Å². The highest BCUT2D eigenvalue weighted by molar-refractivity contribution is 7.49. The van der Waals surface area contributed by atoms with E-state index in [1.54, 1.807) is 7.11 Å². The maximum absolute atomic E-state index is 11.7. The number of aryl methyl sites for hydroxylation is 1. The summed E-state index contributed by atoms with van der Waals surface area (Å²) in [5, 5.41) is 0.965. The van der Waals surface area contributed by atoms with Crippen LogP contribution in [0.4, 0.5) is 0 Å². The largest absolute Gasteiger partial charge is 0.467 e. The SMILES string of the molecule is CCC(C)(Pc1c(C)cccc1C=O)c1cccc(Cc2ccccc2)c1OCOC. The van der Waals surface area contributed by atoms with Crippen molar-refractivity contribution in [1.29, 1.82) is 0 Å². The summed E-state index contributed by atoms with van der Waals surface area (Å²) in [4.78, 5) is 11.7. The summed E-state index contributed by atoms with van der Waals surface area (Å²) in [7, 11) is 2.09. The highest BCUT2D eigenvalue weighted by Crippen LogP contribution is 2.49. The topological polar surface area (TPSA) is 35.5 Å². The fraction of sp³-hybridized carbons (Fsp3) is 0.296. The Kier molecular flexibility index (Phi) is 8.01. The number of ether oxygens (including phenoxy) is 2. The van der Waals surface area contributed by atoms with E-state index >= 15 is 0 Å². The molecule has 2 atom stereocenters. The van der Waals surface area contributed by atoms with Gasteiger partial charge in [0, 0.05) is 29.8 Å². The van der Waals surface area contributed by atoms with Crippen LogP contribution in [0.1, 0.15) is 52.9 Å². The quantitative estimate of drug-likeness (QED) is 0.223. The molecule has 3 aromatic carbocycles. The van der Waals surface area contributed by atoms with Crippen LogP contribution in [0.2, 0.25) is 0 Å². The Labute approximate surface area is 187 Å². The lowest BCUT2D eigenvalue weighted by Crippen LogP contribution is -2.23. The molecule has 0 amide bonds. The second-order valence-corrected chi connectivity index (χ2v) is 9.83. The fourth-order valence-electron chi connectivity index (χ4n) is 3.84. The molecule has 3 aromatic rings. The molecule has 0 aromatic heterocycles. The zero-order chi connectivity index (χ0) is 22.3. The molecule has 3 nitrogen and oxygen atoms in total. The number of aldehydes is 1. The lowest BCUT2D eigenvalue weighted by atomic mass is 9.92. The Bertz CT molecular complexity index is 1020. The molecule has 0 fully saturated rings. The summed E-state index contributed by atoms with van der Waals surface area (Å²) < 4.78 is 11.4. The molecule has 0 heterocycles. The molecule has 0 aliphatic carbocycles. The van der Waals surface area contributed by atoms with Crippen LogP contribution in [0.5, 0.6) is 5.75 Å². The third-order valence-electron chi connectivity index (χ3n) is 5.79. The van der Waals surface area contributed by atoms with E-state index in [0.717, 1.165) is 46.9 Å². The van der Waals surface area contributed by atoms with Crippen LogP contribution in [0.25, 0.3) is 0 Å². The van der Waals surface area contributed by atoms with Crippen LogP contribution >= 0.6 is 8.58 Å². The average Bonchev–Trinajstić information content (AvgIpc) is 2.80. The monoisotopic (exact) mass is 434 g/mol. The Morgan fingerprint density at radius 1 is 1.00 bits per heavy atom. The normalized spacial score (nSPS) is 13.3. The van der Waals surface area contributed by atoms with Gasteiger partial charge in [-0.1, -0.05) is 89.2 Å². The van der Waals surface area contributed by atoms with E-state index in [2.05, 4.69) is 69.3 Å². The number of para-hydroxylation sites is 1. The standard InChI is InChI=1S/C27H31O3P/c1-5-27(3,31-26-20(2)11-9-15-23(26)18-28)24-16-10-14-22(25(24)30-19-29-4)17-21-12-7-6-8-13-21/h6-16,18,31H,5,17,19H2,1-4H3. The second-order valence-electron chi connectivity index (χ2n) is 7.97. The summed E-state index contributed by atoms with van der Waals surface area (Å²) >= 11 is 0. The van der Waals surface area contributed by atoms with Crippen LogP contribution in [0.3, 0.4) is 0 Å². The van der Waals surface area contributed by atoms with E-state index in [-0.39, 0.29) is 11.9 Å². The zero-order valence-electron chi connectivity index (χ0n) is 18.8. The smallest absolute Gasteiger partial charge is 0.188 e. The van der Waals surface area contributed by atoms with E-state index < -0.39 is 0 Å². The zero-order valence-corrected chi connectivity index (χ0v) is 19.8. The number of benzene rings is 3. The number of rotatable bonds is 10. The van der Waals surface area contributed by atoms with Gasteiger partial charge in [0.25, 0.3) is 0 Å². The van der Waals surface area contributed by atoms with Crippen molar-refractivity contribution in [3.63, 3.8) is 0 Å². The van der Waals surface area contributed by atoms with Crippen LogP contribution in [0.15, 0.2) is 66.7 Å². The van der Waals surface area contributed by atoms with E-state index in [1.807, 2.05) is 18.2 Å². The molecule has 4 heteroatoms. The summed E-state index contributed by atoms with van der Waals surface area (Å²) in [6.45, 7) is 6.76. The van der Waals surface area contributed by atoms with Crippen LogP contribution in [-0.4, -0.2) is 20.2 Å². The van der Waals surface area contributed by atoms with E-state index in [4.69, 9.17) is 9.47 Å². The minimum atomic E-state index is -0.167. The first kappa shape index (κ1) is 23.2. The molecule has 0 spiro atoms. The number of carbonyl (C=O) groups is 1. The van der Waals surface area contributed by atoms with Crippen molar-refractivity contribution in [3.8, 4) is 5.75 Å². The number of carbonyl (C=O) groups excluding carboxylic acids is 1. The third-order valence-corrected chi connectivity index (χ3v) is 7.90. The van der Waals surface area contributed by atoms with Gasteiger partial charge in [-0.3, -0.25) is 4.79 Å². The predicted molar refractivity (Wildman–Crippen MR) is 130 cm³/mol. The summed E-state index contributed by atoms with van der Waals surface area (Å²) in [6, 6.07) is 22.8. The van der Waals surface area contributed by atoms with Gasteiger partial charge < -0.3 is 9.47 Å². The van der Waals surface area contributed by atoms with Crippen molar-refractivity contribution >= 4 is 20.2 Å². The summed E-state index contributed by atoms with van der Waals surface area (Å²) in [5.41, 5.74) is 5.48. The van der Waals surface area contributed by atoms with Gasteiger partial charge >= 0.3 is 0 Å². The minimum Gasteiger partial charge on any atom is -0.467 e. The maximum Gasteiger partial charge on any atom is 0.188 e. The Morgan fingerprint density at radius 3 is 2.42 bits per heavy atom. The highest BCUT2D eigenvalue weighted by atomic mass is 31.1. The van der Waals surface area contributed by atoms with E-state index in [9.17, 15) is 4.79 Å². The highest BCUT2D eigenvalue weighted by Gasteiger charge is 2.31. The van der Waals surface area contributed by atoms with Gasteiger partial charge in [-0.25, -0.2) is 0 Å². The lowest BCUT2D eigenvalue weighted by molar-refractivity contribution is 0.0494. The summed E-state index contributed by atoms with van der Waals surface area (Å²) in [6.07, 6.45) is 2.69. The van der Waals surface area contributed by atoms with Gasteiger partial charge in [0.05, 0.1) is 0 Å². The molecule has 0 saturated heterocycles. The molecule has 0 aliphatic heterocycles. The first-order valence-corrected chi connectivity index (χ1v) is 11.6. The van der Waals surface area contributed by atoms with Crippen LogP contribution in [0, 0.1) is 6.92 Å². The van der Waals surface area contributed by atoms with Gasteiger partial charge in [0.1, 0.15) is 5.75 Å². The minimum absolute atomic E-state index is 0.167. The lowest BCUT2D eigenvalue weighted by Gasteiger charge is -2.33. The Morgan fingerprint density at radius 2 is 1.74 bits per heavy atom. The third kappa shape index (κ3) is 5.42. The number of hydrogen-bond acceptors (Lipinski definition) is 3. The summed E-state index contributed by atoms with van der Waals surface area (Å²) in [5.74, 6) is 0.895. The Hall–Kier alpha value is -2.48.